The van der Waals surface area contributed by atoms with Crippen LogP contribution in [0.5, 0.6) is 0 Å². The number of carbonyl (C=O) groups excluding carboxylic acids is 1. The molecule has 0 saturated heterocycles. The summed E-state index contributed by atoms with van der Waals surface area (Å²) in [5.41, 5.74) is 2.64. The molecule has 0 aliphatic rings. The minimum atomic E-state index is -0.453. The molecule has 1 amide bonds. The van der Waals surface area contributed by atoms with Crippen molar-refractivity contribution >= 4 is 39.7 Å². The molecule has 1 N–H and O–H groups in total. The molecule has 0 aliphatic carbocycles. The van der Waals surface area contributed by atoms with E-state index in [1.54, 1.807) is 36.4 Å². The number of thiazole rings is 1. The van der Waals surface area contributed by atoms with Crippen LogP contribution >= 0.6 is 22.9 Å². The van der Waals surface area contributed by atoms with Crippen LogP contribution in [0.25, 0.3) is 21.7 Å². The molecule has 148 valence electrons. The number of hydrogen-bond donors (Lipinski definition) is 1. The maximum atomic E-state index is 12.5. The van der Waals surface area contributed by atoms with Gasteiger partial charge in [-0.15, -0.1) is 0 Å². The van der Waals surface area contributed by atoms with Gasteiger partial charge in [-0.05, 0) is 42.0 Å². The van der Waals surface area contributed by atoms with Gasteiger partial charge in [0.25, 0.3) is 11.6 Å². The van der Waals surface area contributed by atoms with Crippen LogP contribution < -0.4 is 5.32 Å². The van der Waals surface area contributed by atoms with Gasteiger partial charge in [-0.2, -0.15) is 0 Å². The number of nitrogens with zero attached hydrogens (tertiary/aromatic N) is 3. The Morgan fingerprint density at radius 1 is 0.967 bits per heavy atom. The van der Waals surface area contributed by atoms with Crippen LogP contribution in [0.4, 0.5) is 10.8 Å². The molecule has 2 heterocycles. The third kappa shape index (κ3) is 4.19. The standard InChI is InChI=1S/C21H13ClN4O3S/c22-16-5-1-14(2-6-16)19-18(13-3-7-17(8-4-13)26(28)29)24-21(30-19)25-20(27)15-9-11-23-12-10-15/h1-12H,(H,24,25,27). The lowest BCUT2D eigenvalue weighted by atomic mass is 10.1. The number of benzene rings is 2. The van der Waals surface area contributed by atoms with Gasteiger partial charge >= 0.3 is 0 Å². The van der Waals surface area contributed by atoms with Crippen molar-refractivity contribution in [3.05, 3.63) is 93.8 Å². The molecule has 0 atom stereocenters. The normalized spacial score (nSPS) is 10.6. The van der Waals surface area contributed by atoms with E-state index in [-0.39, 0.29) is 11.6 Å². The van der Waals surface area contributed by atoms with Crippen molar-refractivity contribution in [2.24, 2.45) is 0 Å². The summed E-state index contributed by atoms with van der Waals surface area (Å²) >= 11 is 7.32. The molecule has 0 unspecified atom stereocenters. The number of pyridine rings is 1. The Labute approximate surface area is 180 Å². The van der Waals surface area contributed by atoms with Crippen LogP contribution in [0.15, 0.2) is 73.1 Å². The van der Waals surface area contributed by atoms with Crippen LogP contribution in [-0.4, -0.2) is 20.8 Å². The minimum Gasteiger partial charge on any atom is -0.298 e. The average Bonchev–Trinajstić information content (AvgIpc) is 3.18. The number of amides is 1. The van der Waals surface area contributed by atoms with Crippen molar-refractivity contribution in [2.45, 2.75) is 0 Å². The molecule has 0 radical (unpaired) electrons. The highest BCUT2D eigenvalue weighted by Crippen LogP contribution is 2.39. The Balaban J connectivity index is 1.74. The van der Waals surface area contributed by atoms with E-state index in [4.69, 9.17) is 11.6 Å². The van der Waals surface area contributed by atoms with Gasteiger partial charge in [-0.3, -0.25) is 25.2 Å². The number of rotatable bonds is 5. The highest BCUT2D eigenvalue weighted by atomic mass is 35.5. The predicted molar refractivity (Wildman–Crippen MR) is 117 cm³/mol. The van der Waals surface area contributed by atoms with Crippen LogP contribution in [0.2, 0.25) is 5.02 Å². The smallest absolute Gasteiger partial charge is 0.269 e. The summed E-state index contributed by atoms with van der Waals surface area (Å²) in [4.78, 5) is 32.3. The molecule has 4 rings (SSSR count). The predicted octanol–water partition coefficient (Wildman–Crippen LogP) is 5.69. The summed E-state index contributed by atoms with van der Waals surface area (Å²) in [6, 6.07) is 16.6. The second-order valence-electron chi connectivity index (χ2n) is 6.20. The molecule has 0 spiro atoms. The maximum absolute atomic E-state index is 12.5. The van der Waals surface area contributed by atoms with Gasteiger partial charge in [0.1, 0.15) is 0 Å². The third-order valence-electron chi connectivity index (χ3n) is 4.25. The van der Waals surface area contributed by atoms with Gasteiger partial charge in [-0.25, -0.2) is 4.98 Å². The van der Waals surface area contributed by atoms with Crippen molar-refractivity contribution in [3.8, 4) is 21.7 Å². The van der Waals surface area contributed by atoms with Crippen LogP contribution in [-0.2, 0) is 0 Å². The highest BCUT2D eigenvalue weighted by Gasteiger charge is 2.18. The molecule has 7 nitrogen and oxygen atoms in total. The van der Waals surface area contributed by atoms with Crippen molar-refractivity contribution in [1.82, 2.24) is 9.97 Å². The number of hydrogen-bond acceptors (Lipinski definition) is 6. The fraction of sp³-hybridized carbons (Fsp3) is 0. The minimum absolute atomic E-state index is 0.00626. The summed E-state index contributed by atoms with van der Waals surface area (Å²) in [5.74, 6) is -0.302. The largest absolute Gasteiger partial charge is 0.298 e. The van der Waals surface area contributed by atoms with Crippen molar-refractivity contribution < 1.29 is 9.72 Å². The van der Waals surface area contributed by atoms with Gasteiger partial charge < -0.3 is 0 Å². The Hall–Kier alpha value is -3.62. The number of nitrogens with one attached hydrogen (secondary N) is 1. The fourth-order valence-electron chi connectivity index (χ4n) is 2.78. The van der Waals surface area contributed by atoms with Crippen LogP contribution in [0, 0.1) is 10.1 Å². The molecule has 4 aromatic rings. The first-order chi connectivity index (χ1) is 14.5. The fourth-order valence-corrected chi connectivity index (χ4v) is 3.89. The SMILES string of the molecule is O=C(Nc1nc(-c2ccc([N+](=O)[O-])cc2)c(-c2ccc(Cl)cc2)s1)c1ccncc1. The maximum Gasteiger partial charge on any atom is 0.269 e. The van der Waals surface area contributed by atoms with E-state index in [0.717, 1.165) is 10.4 Å². The van der Waals surface area contributed by atoms with Gasteiger partial charge in [-0.1, -0.05) is 35.1 Å². The van der Waals surface area contributed by atoms with Crippen molar-refractivity contribution in [1.29, 1.82) is 0 Å². The summed E-state index contributed by atoms with van der Waals surface area (Å²) in [7, 11) is 0. The second kappa shape index (κ2) is 8.40. The van der Waals surface area contributed by atoms with E-state index < -0.39 is 4.92 Å². The number of nitro benzene ring substituents is 1. The first-order valence-electron chi connectivity index (χ1n) is 8.74. The van der Waals surface area contributed by atoms with E-state index in [1.807, 2.05) is 12.1 Å². The van der Waals surface area contributed by atoms with Crippen molar-refractivity contribution in [2.75, 3.05) is 5.32 Å². The third-order valence-corrected chi connectivity index (χ3v) is 5.52. The van der Waals surface area contributed by atoms with Gasteiger partial charge in [0.2, 0.25) is 0 Å². The molecule has 2 aromatic carbocycles. The molecule has 0 fully saturated rings. The molecule has 30 heavy (non-hydrogen) atoms. The molecule has 0 bridgehead atoms. The second-order valence-corrected chi connectivity index (χ2v) is 7.63. The summed E-state index contributed by atoms with van der Waals surface area (Å²) in [6.45, 7) is 0. The van der Waals surface area contributed by atoms with Gasteiger partial charge in [0, 0.05) is 40.7 Å². The molecular weight excluding hydrogens is 424 g/mol. The number of halogens is 1. The lowest BCUT2D eigenvalue weighted by Crippen LogP contribution is -2.11. The van der Waals surface area contributed by atoms with Crippen LogP contribution in [0.3, 0.4) is 0 Å². The number of aromatic nitrogens is 2. The number of carbonyl (C=O) groups is 1. The average molecular weight is 437 g/mol. The quantitative estimate of drug-likeness (QED) is 0.320. The van der Waals surface area contributed by atoms with E-state index >= 15 is 0 Å². The lowest BCUT2D eigenvalue weighted by Gasteiger charge is -2.03. The number of nitro groups is 1. The topological polar surface area (TPSA) is 98.0 Å². The summed E-state index contributed by atoms with van der Waals surface area (Å²) in [5, 5.41) is 14.8. The Kier molecular flexibility index (Phi) is 5.51. The van der Waals surface area contributed by atoms with Gasteiger partial charge in [0.15, 0.2) is 5.13 Å². The first-order valence-corrected chi connectivity index (χ1v) is 9.93. The zero-order valence-corrected chi connectivity index (χ0v) is 16.9. The van der Waals surface area contributed by atoms with Crippen LogP contribution in [0.1, 0.15) is 10.4 Å². The summed E-state index contributed by atoms with van der Waals surface area (Å²) in [6.07, 6.45) is 3.08. The lowest BCUT2D eigenvalue weighted by molar-refractivity contribution is -0.384. The molecule has 9 heteroatoms. The molecule has 0 saturated carbocycles. The van der Waals surface area contributed by atoms with E-state index in [0.29, 0.717) is 27.0 Å². The molecule has 0 aliphatic heterocycles. The zero-order valence-electron chi connectivity index (χ0n) is 15.3. The van der Waals surface area contributed by atoms with E-state index in [1.165, 1.54) is 35.9 Å². The Bertz CT molecular complexity index is 1210. The molecule has 2 aromatic heterocycles. The van der Waals surface area contributed by atoms with Crippen molar-refractivity contribution in [3.63, 3.8) is 0 Å². The zero-order chi connectivity index (χ0) is 21.1. The molecular formula is C21H13ClN4O3S. The summed E-state index contributed by atoms with van der Waals surface area (Å²) < 4.78 is 0. The van der Waals surface area contributed by atoms with E-state index in [9.17, 15) is 14.9 Å². The highest BCUT2D eigenvalue weighted by molar-refractivity contribution is 7.19. The Morgan fingerprint density at radius 2 is 1.60 bits per heavy atom. The Morgan fingerprint density at radius 3 is 2.23 bits per heavy atom. The number of non-ortho nitro benzene ring substituents is 1. The monoisotopic (exact) mass is 436 g/mol. The van der Waals surface area contributed by atoms with Gasteiger partial charge in [0.05, 0.1) is 15.5 Å². The number of anilines is 1. The van der Waals surface area contributed by atoms with E-state index in [2.05, 4.69) is 15.3 Å². The first kappa shape index (κ1) is 19.7.